The van der Waals surface area contributed by atoms with E-state index in [0.717, 1.165) is 23.9 Å². The van der Waals surface area contributed by atoms with Crippen LogP contribution in [0.1, 0.15) is 66.7 Å². The van der Waals surface area contributed by atoms with Crippen molar-refractivity contribution >= 4 is 0 Å². The van der Waals surface area contributed by atoms with E-state index in [4.69, 9.17) is 0 Å². The van der Waals surface area contributed by atoms with Gasteiger partial charge < -0.3 is 0 Å². The van der Waals surface area contributed by atoms with E-state index in [1.165, 1.54) is 32.1 Å². The maximum Gasteiger partial charge on any atom is 0.0132 e. The van der Waals surface area contributed by atoms with Crippen molar-refractivity contribution in [1.82, 2.24) is 4.90 Å². The monoisotopic (exact) mass is 223 g/mol. The third-order valence-electron chi connectivity index (χ3n) is 4.67. The molecule has 16 heavy (non-hydrogen) atoms. The molecule has 0 aromatic rings. The number of nitrogens with zero attached hydrogens (tertiary/aromatic N) is 1. The Hall–Kier alpha value is -0.0400. The van der Waals surface area contributed by atoms with Crippen LogP contribution in [0.15, 0.2) is 0 Å². The largest absolute Gasteiger partial charge is 0.292 e. The summed E-state index contributed by atoms with van der Waals surface area (Å²) in [6.07, 6.45) is 7.33. The van der Waals surface area contributed by atoms with Gasteiger partial charge in [0.05, 0.1) is 0 Å². The summed E-state index contributed by atoms with van der Waals surface area (Å²) in [5.74, 6) is 1.81. The average Bonchev–Trinajstić information content (AvgIpc) is 2.55. The lowest BCUT2D eigenvalue weighted by Gasteiger charge is -2.44. The summed E-state index contributed by atoms with van der Waals surface area (Å²) in [5, 5.41) is 0. The molecule has 1 heterocycles. The molecule has 1 nitrogen and oxygen atoms in total. The number of hydrogen-bond acceptors (Lipinski definition) is 1. The van der Waals surface area contributed by atoms with Gasteiger partial charge in [-0.25, -0.2) is 0 Å². The maximum atomic E-state index is 2.86. The molecule has 1 aliphatic heterocycles. The molecule has 3 atom stereocenters. The normalized spacial score (nSPS) is 36.8. The van der Waals surface area contributed by atoms with Crippen LogP contribution < -0.4 is 0 Å². The van der Waals surface area contributed by atoms with Crippen LogP contribution >= 0.6 is 0 Å². The second-order valence-electron chi connectivity index (χ2n) is 7.24. The van der Waals surface area contributed by atoms with Gasteiger partial charge in [-0.15, -0.1) is 0 Å². The molecule has 0 N–H and O–H groups in total. The summed E-state index contributed by atoms with van der Waals surface area (Å²) >= 11 is 0. The molecule has 1 aliphatic carbocycles. The molecule has 2 fully saturated rings. The zero-order chi connectivity index (χ0) is 11.9. The number of fused-ring (bicyclic) bond motifs is 1. The van der Waals surface area contributed by atoms with Gasteiger partial charge in [-0.2, -0.15) is 0 Å². The topological polar surface area (TPSA) is 3.24 Å². The van der Waals surface area contributed by atoms with E-state index in [-0.39, 0.29) is 0 Å². The van der Waals surface area contributed by atoms with E-state index in [1.807, 2.05) is 0 Å². The van der Waals surface area contributed by atoms with Crippen molar-refractivity contribution in [3.8, 4) is 0 Å². The average molecular weight is 223 g/mol. The quantitative estimate of drug-likeness (QED) is 0.647. The Labute approximate surface area is 102 Å². The minimum Gasteiger partial charge on any atom is -0.292 e. The highest BCUT2D eigenvalue weighted by Crippen LogP contribution is 2.45. The second-order valence-corrected chi connectivity index (χ2v) is 7.24. The molecule has 0 aromatic carbocycles. The van der Waals surface area contributed by atoms with Gasteiger partial charge >= 0.3 is 0 Å². The highest BCUT2D eigenvalue weighted by Gasteiger charge is 2.46. The van der Waals surface area contributed by atoms with E-state index in [0.29, 0.717) is 5.54 Å². The van der Waals surface area contributed by atoms with E-state index in [9.17, 15) is 0 Å². The summed E-state index contributed by atoms with van der Waals surface area (Å²) in [6, 6.07) is 1.72. The Morgan fingerprint density at radius 3 is 2.25 bits per heavy atom. The van der Waals surface area contributed by atoms with Crippen LogP contribution in [0, 0.1) is 11.8 Å². The Morgan fingerprint density at radius 2 is 1.69 bits per heavy atom. The van der Waals surface area contributed by atoms with E-state index in [1.54, 1.807) is 0 Å². The molecule has 3 unspecified atom stereocenters. The molecule has 0 spiro atoms. The van der Waals surface area contributed by atoms with Crippen LogP contribution in [0.2, 0.25) is 0 Å². The summed E-state index contributed by atoms with van der Waals surface area (Å²) in [6.45, 7) is 12.0. The maximum absolute atomic E-state index is 2.86. The van der Waals surface area contributed by atoms with Crippen LogP contribution in [0.25, 0.3) is 0 Å². The third-order valence-corrected chi connectivity index (χ3v) is 4.67. The van der Waals surface area contributed by atoms with Gasteiger partial charge in [0.15, 0.2) is 0 Å². The minimum atomic E-state index is 0.353. The lowest BCUT2D eigenvalue weighted by molar-refractivity contribution is 0.0385. The van der Waals surface area contributed by atoms with Gasteiger partial charge in [-0.1, -0.05) is 26.7 Å². The van der Waals surface area contributed by atoms with Crippen molar-refractivity contribution in [2.45, 2.75) is 84.3 Å². The predicted molar refractivity (Wildman–Crippen MR) is 70.6 cm³/mol. The lowest BCUT2D eigenvalue weighted by Crippen LogP contribution is -2.51. The standard InChI is InChI=1S/C15H29N/c1-11(2)14-10-12-8-6-7-9-13(12)16(14)15(3,4)5/h11-14H,6-10H2,1-5H3. The molecule has 0 radical (unpaired) electrons. The van der Waals surface area contributed by atoms with Gasteiger partial charge in [0.1, 0.15) is 0 Å². The molecule has 1 saturated carbocycles. The molecular formula is C15H29N. The fraction of sp³-hybridized carbons (Fsp3) is 1.00. The molecule has 0 aromatic heterocycles. The first-order valence-electron chi connectivity index (χ1n) is 7.19. The van der Waals surface area contributed by atoms with Crippen LogP contribution in [-0.4, -0.2) is 22.5 Å². The first kappa shape index (κ1) is 12.4. The van der Waals surface area contributed by atoms with Gasteiger partial charge in [0, 0.05) is 17.6 Å². The summed E-state index contributed by atoms with van der Waals surface area (Å²) < 4.78 is 0. The molecule has 1 saturated heterocycles. The Bertz CT molecular complexity index is 236. The fourth-order valence-corrected chi connectivity index (χ4v) is 4.09. The number of hydrogen-bond donors (Lipinski definition) is 0. The third kappa shape index (κ3) is 2.16. The van der Waals surface area contributed by atoms with Crippen LogP contribution in [-0.2, 0) is 0 Å². The molecule has 1 heteroatoms. The zero-order valence-corrected chi connectivity index (χ0v) is 11.8. The van der Waals surface area contributed by atoms with Crippen LogP contribution in [0.3, 0.4) is 0 Å². The zero-order valence-electron chi connectivity index (χ0n) is 11.8. The van der Waals surface area contributed by atoms with Gasteiger partial charge in [-0.3, -0.25) is 4.90 Å². The van der Waals surface area contributed by atoms with Crippen LogP contribution in [0.5, 0.6) is 0 Å². The SMILES string of the molecule is CC(C)C1CC2CCCCC2N1C(C)(C)C. The molecule has 94 valence electrons. The van der Waals surface area contributed by atoms with Crippen molar-refractivity contribution in [2.75, 3.05) is 0 Å². The van der Waals surface area contributed by atoms with Gasteiger partial charge in [-0.05, 0) is 51.9 Å². The smallest absolute Gasteiger partial charge is 0.0132 e. The molecule has 2 rings (SSSR count). The summed E-state index contributed by atoms with van der Waals surface area (Å²) in [7, 11) is 0. The first-order valence-corrected chi connectivity index (χ1v) is 7.19. The molecule has 2 aliphatic rings. The number of likely N-dealkylation sites (tertiary alicyclic amines) is 1. The van der Waals surface area contributed by atoms with Crippen LogP contribution in [0.4, 0.5) is 0 Å². The number of rotatable bonds is 1. The lowest BCUT2D eigenvalue weighted by atomic mass is 9.83. The summed E-state index contributed by atoms with van der Waals surface area (Å²) in [4.78, 5) is 2.86. The van der Waals surface area contributed by atoms with E-state index < -0.39 is 0 Å². The highest BCUT2D eigenvalue weighted by atomic mass is 15.3. The van der Waals surface area contributed by atoms with Gasteiger partial charge in [0.2, 0.25) is 0 Å². The van der Waals surface area contributed by atoms with Crippen molar-refractivity contribution < 1.29 is 0 Å². The molecule has 0 amide bonds. The van der Waals surface area contributed by atoms with Crippen molar-refractivity contribution in [3.05, 3.63) is 0 Å². The predicted octanol–water partition coefficient (Wildman–Crippen LogP) is 4.07. The fourth-order valence-electron chi connectivity index (χ4n) is 4.09. The first-order chi connectivity index (χ1) is 7.41. The van der Waals surface area contributed by atoms with Crippen molar-refractivity contribution in [2.24, 2.45) is 11.8 Å². The highest BCUT2D eigenvalue weighted by molar-refractivity contribution is 5.01. The van der Waals surface area contributed by atoms with E-state index >= 15 is 0 Å². The minimum absolute atomic E-state index is 0.353. The summed E-state index contributed by atoms with van der Waals surface area (Å²) in [5.41, 5.74) is 0.353. The second kappa shape index (κ2) is 4.33. The molecular weight excluding hydrogens is 194 g/mol. The Morgan fingerprint density at radius 1 is 1.06 bits per heavy atom. The Balaban J connectivity index is 2.21. The van der Waals surface area contributed by atoms with Gasteiger partial charge in [0.25, 0.3) is 0 Å². The molecule has 0 bridgehead atoms. The van der Waals surface area contributed by atoms with Crippen molar-refractivity contribution in [1.29, 1.82) is 0 Å². The van der Waals surface area contributed by atoms with Crippen molar-refractivity contribution in [3.63, 3.8) is 0 Å². The van der Waals surface area contributed by atoms with E-state index in [2.05, 4.69) is 39.5 Å². The Kier molecular flexibility index (Phi) is 3.36.